The van der Waals surface area contributed by atoms with Crippen LogP contribution in [0.5, 0.6) is 0 Å². The second-order valence-electron chi connectivity index (χ2n) is 8.24. The fraction of sp³-hybridized carbons (Fsp3) is 0.700. The first-order valence-electron chi connectivity index (χ1n) is 10.4. The van der Waals surface area contributed by atoms with Crippen molar-refractivity contribution in [3.05, 3.63) is 18.2 Å². The highest BCUT2D eigenvalue weighted by Crippen LogP contribution is 2.42. The number of nitrogens with zero attached hydrogens (tertiary/aromatic N) is 4. The van der Waals surface area contributed by atoms with E-state index in [2.05, 4.69) is 25.1 Å². The molecule has 3 fully saturated rings. The van der Waals surface area contributed by atoms with Gasteiger partial charge < -0.3 is 15.1 Å². The molecule has 3 aliphatic rings. The average Bonchev–Trinajstić information content (AvgIpc) is 2.69. The summed E-state index contributed by atoms with van der Waals surface area (Å²) in [6.07, 6.45) is 7.28. The van der Waals surface area contributed by atoms with Crippen LogP contribution < -0.4 is 10.2 Å². The molecule has 3 saturated heterocycles. The highest BCUT2D eigenvalue weighted by molar-refractivity contribution is 5.78. The summed E-state index contributed by atoms with van der Waals surface area (Å²) >= 11 is 0. The number of piperidine rings is 3. The maximum absolute atomic E-state index is 13.2. The Labute approximate surface area is 164 Å². The van der Waals surface area contributed by atoms with Crippen molar-refractivity contribution in [2.24, 2.45) is 11.8 Å². The van der Waals surface area contributed by atoms with Crippen molar-refractivity contribution >= 4 is 17.8 Å². The van der Waals surface area contributed by atoms with Crippen molar-refractivity contribution in [3.8, 4) is 0 Å². The first kappa shape index (κ1) is 19.1. The summed E-state index contributed by atoms with van der Waals surface area (Å²) < 4.78 is 13.2. The van der Waals surface area contributed by atoms with Gasteiger partial charge in [0, 0.05) is 38.5 Å². The lowest BCUT2D eigenvalue weighted by Gasteiger charge is -2.56. The summed E-state index contributed by atoms with van der Waals surface area (Å²) in [6.45, 7) is 3.98. The number of nitrogens with one attached hydrogen (secondary N) is 1. The third kappa shape index (κ3) is 3.69. The monoisotopic (exact) mass is 389 g/mol. The summed E-state index contributed by atoms with van der Waals surface area (Å²) in [5, 5.41) is 3.04. The molecule has 3 aliphatic heterocycles. The summed E-state index contributed by atoms with van der Waals surface area (Å²) in [7, 11) is 0. The Morgan fingerprint density at radius 2 is 2.04 bits per heavy atom. The van der Waals surface area contributed by atoms with E-state index in [1.54, 1.807) is 0 Å². The van der Waals surface area contributed by atoms with Crippen LogP contribution in [0.4, 0.5) is 10.3 Å². The smallest absolute Gasteiger partial charge is 0.225 e. The second-order valence-corrected chi connectivity index (χ2v) is 8.24. The van der Waals surface area contributed by atoms with Crippen LogP contribution in [0, 0.1) is 17.7 Å². The summed E-state index contributed by atoms with van der Waals surface area (Å²) in [4.78, 5) is 37.3. The van der Waals surface area contributed by atoms with E-state index >= 15 is 0 Å². The molecule has 4 atom stereocenters. The Bertz CT molecular complexity index is 728. The van der Waals surface area contributed by atoms with Crippen molar-refractivity contribution in [1.82, 2.24) is 20.2 Å². The molecule has 28 heavy (non-hydrogen) atoms. The lowest BCUT2D eigenvalue weighted by molar-refractivity contribution is -0.149. The van der Waals surface area contributed by atoms with Gasteiger partial charge in [0.2, 0.25) is 17.8 Å². The normalized spacial score (nSPS) is 29.4. The molecule has 152 valence electrons. The van der Waals surface area contributed by atoms with E-state index in [4.69, 9.17) is 0 Å². The van der Waals surface area contributed by atoms with Gasteiger partial charge in [0.15, 0.2) is 5.82 Å². The van der Waals surface area contributed by atoms with Crippen LogP contribution in [0.3, 0.4) is 0 Å². The van der Waals surface area contributed by atoms with Crippen LogP contribution in [-0.2, 0) is 9.59 Å². The van der Waals surface area contributed by atoms with E-state index < -0.39 is 5.82 Å². The molecule has 1 aromatic heterocycles. The van der Waals surface area contributed by atoms with E-state index in [0.717, 1.165) is 32.2 Å². The zero-order valence-corrected chi connectivity index (χ0v) is 16.3. The molecule has 0 saturated carbocycles. The molecule has 2 bridgehead atoms. The Morgan fingerprint density at radius 3 is 2.79 bits per heavy atom. The second kappa shape index (κ2) is 8.01. The molecule has 0 unspecified atom stereocenters. The van der Waals surface area contributed by atoms with Gasteiger partial charge in [-0.1, -0.05) is 6.92 Å². The molecular formula is C20H28FN5O2. The molecule has 4 heterocycles. The zero-order valence-electron chi connectivity index (χ0n) is 16.3. The Balaban J connectivity index is 1.56. The van der Waals surface area contributed by atoms with Gasteiger partial charge in [-0.05, 0) is 37.5 Å². The fourth-order valence-corrected chi connectivity index (χ4v) is 5.20. The minimum Gasteiger partial charge on any atom is -0.354 e. The van der Waals surface area contributed by atoms with Gasteiger partial charge in [-0.3, -0.25) is 9.59 Å². The number of anilines is 1. The number of rotatable bonds is 5. The highest BCUT2D eigenvalue weighted by Gasteiger charge is 2.49. The minimum absolute atomic E-state index is 0.00176. The Kier molecular flexibility index (Phi) is 5.46. The van der Waals surface area contributed by atoms with Gasteiger partial charge in [-0.25, -0.2) is 14.4 Å². The summed E-state index contributed by atoms with van der Waals surface area (Å²) in [6, 6.07) is 0.201. The molecule has 1 N–H and O–H groups in total. The average molecular weight is 389 g/mol. The number of halogens is 1. The lowest BCUT2D eigenvalue weighted by Crippen LogP contribution is -2.67. The number of fused-ring (bicyclic) bond motifs is 4. The quantitative estimate of drug-likeness (QED) is 0.830. The topological polar surface area (TPSA) is 78.4 Å². The third-order valence-corrected chi connectivity index (χ3v) is 6.37. The van der Waals surface area contributed by atoms with Gasteiger partial charge in [-0.2, -0.15) is 0 Å². The number of hydrogen-bond donors (Lipinski definition) is 1. The molecule has 0 aromatic carbocycles. The number of hydrogen-bond acceptors (Lipinski definition) is 5. The first-order chi connectivity index (χ1) is 13.6. The molecule has 4 rings (SSSR count). The maximum Gasteiger partial charge on any atom is 0.225 e. The van der Waals surface area contributed by atoms with E-state index in [9.17, 15) is 14.0 Å². The first-order valence-corrected chi connectivity index (χ1v) is 10.4. The molecule has 2 amide bonds. The van der Waals surface area contributed by atoms with Gasteiger partial charge in [0.05, 0.1) is 18.4 Å². The van der Waals surface area contributed by atoms with E-state index in [1.807, 2.05) is 6.92 Å². The molecular weight excluding hydrogens is 361 g/mol. The van der Waals surface area contributed by atoms with Gasteiger partial charge >= 0.3 is 0 Å². The summed E-state index contributed by atoms with van der Waals surface area (Å²) in [5.74, 6) is 0.959. The van der Waals surface area contributed by atoms with Gasteiger partial charge in [0.1, 0.15) is 0 Å². The number of aromatic nitrogens is 2. The lowest BCUT2D eigenvalue weighted by atomic mass is 9.72. The van der Waals surface area contributed by atoms with Crippen molar-refractivity contribution < 1.29 is 14.0 Å². The van der Waals surface area contributed by atoms with Crippen LogP contribution in [0.1, 0.15) is 45.4 Å². The standard InChI is InChI=1S/C20H28FN5O2/c1-2-4-18(27)22-10-17-14-7-13(16-5-3-6-19(28)26(16)17)11-25(12-14)20-23-8-15(21)9-24-20/h8-9,13-14,16-17H,2-7,10-12H2,1H3,(H,22,27)/t13-,14+,16+,17+/m1/s1. The highest BCUT2D eigenvalue weighted by atomic mass is 19.1. The van der Waals surface area contributed by atoms with E-state index in [-0.39, 0.29) is 29.8 Å². The van der Waals surface area contributed by atoms with Crippen molar-refractivity contribution in [2.45, 2.75) is 57.5 Å². The Hall–Kier alpha value is -2.25. The maximum atomic E-state index is 13.2. The van der Waals surface area contributed by atoms with Crippen LogP contribution in [0.15, 0.2) is 12.4 Å². The predicted molar refractivity (Wildman–Crippen MR) is 102 cm³/mol. The molecule has 0 aliphatic carbocycles. The van der Waals surface area contributed by atoms with Crippen molar-refractivity contribution in [1.29, 1.82) is 0 Å². The predicted octanol–water partition coefficient (Wildman–Crippen LogP) is 1.74. The molecule has 0 radical (unpaired) electrons. The number of amides is 2. The number of carbonyl (C=O) groups is 2. The molecule has 8 heteroatoms. The third-order valence-electron chi connectivity index (χ3n) is 6.37. The van der Waals surface area contributed by atoms with Crippen LogP contribution in [0.25, 0.3) is 0 Å². The SMILES string of the molecule is CCCC(=O)NC[C@H]1[C@H]2C[C@H](CN(c3ncc(F)cn3)C2)[C@@H]2CCCC(=O)N21. The van der Waals surface area contributed by atoms with E-state index in [0.29, 0.717) is 37.8 Å². The molecule has 0 spiro atoms. The molecule has 7 nitrogen and oxygen atoms in total. The summed E-state index contributed by atoms with van der Waals surface area (Å²) in [5.41, 5.74) is 0. The zero-order chi connectivity index (χ0) is 19.7. The van der Waals surface area contributed by atoms with Gasteiger partial charge in [-0.15, -0.1) is 0 Å². The van der Waals surface area contributed by atoms with Gasteiger partial charge in [0.25, 0.3) is 0 Å². The van der Waals surface area contributed by atoms with Crippen LogP contribution >= 0.6 is 0 Å². The van der Waals surface area contributed by atoms with Crippen LogP contribution in [0.2, 0.25) is 0 Å². The van der Waals surface area contributed by atoms with Crippen molar-refractivity contribution in [2.75, 3.05) is 24.5 Å². The van der Waals surface area contributed by atoms with Crippen LogP contribution in [-0.4, -0.2) is 58.4 Å². The Morgan fingerprint density at radius 1 is 1.29 bits per heavy atom. The van der Waals surface area contributed by atoms with E-state index in [1.165, 1.54) is 12.4 Å². The molecule has 1 aromatic rings. The fourth-order valence-electron chi connectivity index (χ4n) is 5.20. The van der Waals surface area contributed by atoms with Crippen molar-refractivity contribution in [3.63, 3.8) is 0 Å². The number of carbonyl (C=O) groups excluding carboxylic acids is 2. The largest absolute Gasteiger partial charge is 0.354 e. The minimum atomic E-state index is -0.443.